The molecule has 0 spiro atoms. The fraction of sp³-hybridized carbons (Fsp3) is 0.571. The fourth-order valence-corrected chi connectivity index (χ4v) is 1.78. The molecule has 112 valence electrons. The summed E-state index contributed by atoms with van der Waals surface area (Å²) < 4.78 is 4.92. The van der Waals surface area contributed by atoms with Gasteiger partial charge in [-0.2, -0.15) is 0 Å². The molecule has 0 fully saturated rings. The molecule has 0 bridgehead atoms. The van der Waals surface area contributed by atoms with E-state index in [1.165, 1.54) is 12.3 Å². The Labute approximate surface area is 118 Å². The third-order valence-corrected chi connectivity index (χ3v) is 3.65. The number of carbonyl (C=O) groups excluding carboxylic acids is 2. The second-order valence-electron chi connectivity index (χ2n) is 4.80. The molecule has 0 unspecified atom stereocenters. The highest BCUT2D eigenvalue weighted by Gasteiger charge is 2.25. The summed E-state index contributed by atoms with van der Waals surface area (Å²) in [6.07, 6.45) is 2.95. The second-order valence-corrected chi connectivity index (χ2v) is 4.80. The molecule has 2 amide bonds. The molecule has 0 radical (unpaired) electrons. The van der Waals surface area contributed by atoms with E-state index in [2.05, 4.69) is 10.6 Å². The topological polar surface area (TPSA) is 91.6 Å². The first-order chi connectivity index (χ1) is 9.56. The van der Waals surface area contributed by atoms with Crippen LogP contribution in [-0.2, 0) is 4.79 Å². The number of hydrogen-bond acceptors (Lipinski definition) is 4. The van der Waals surface area contributed by atoms with Gasteiger partial charge in [-0.15, -0.1) is 0 Å². The first kappa shape index (κ1) is 16.2. The molecule has 0 saturated heterocycles. The summed E-state index contributed by atoms with van der Waals surface area (Å²) in [4.78, 5) is 23.2. The summed E-state index contributed by atoms with van der Waals surface area (Å²) in [5, 5.41) is 14.6. The summed E-state index contributed by atoms with van der Waals surface area (Å²) in [6, 6.07) is 3.13. The van der Waals surface area contributed by atoms with E-state index in [0.717, 1.165) is 12.8 Å². The highest BCUT2D eigenvalue weighted by molar-refractivity contribution is 5.94. The van der Waals surface area contributed by atoms with Crippen molar-refractivity contribution in [2.75, 3.05) is 19.7 Å². The minimum Gasteiger partial charge on any atom is -0.459 e. The Morgan fingerprint density at radius 1 is 1.30 bits per heavy atom. The van der Waals surface area contributed by atoms with Gasteiger partial charge in [-0.25, -0.2) is 0 Å². The number of aliphatic hydroxyl groups excluding tert-OH is 1. The molecule has 1 rings (SSSR count). The number of hydrogen-bond donors (Lipinski definition) is 3. The normalized spacial score (nSPS) is 11.2. The van der Waals surface area contributed by atoms with Crippen LogP contribution < -0.4 is 10.6 Å². The number of amides is 2. The SMILES string of the molecule is CCC(CC)(CO)CNC(=O)CNC(=O)c1ccco1. The van der Waals surface area contributed by atoms with Gasteiger partial charge in [0.1, 0.15) is 0 Å². The van der Waals surface area contributed by atoms with Gasteiger partial charge < -0.3 is 20.2 Å². The van der Waals surface area contributed by atoms with Gasteiger partial charge in [-0.1, -0.05) is 13.8 Å². The van der Waals surface area contributed by atoms with E-state index in [1.807, 2.05) is 13.8 Å². The Balaban J connectivity index is 2.35. The number of carbonyl (C=O) groups is 2. The predicted molar refractivity (Wildman–Crippen MR) is 74.2 cm³/mol. The average molecular weight is 282 g/mol. The number of furan rings is 1. The lowest BCUT2D eigenvalue weighted by Crippen LogP contribution is -2.43. The van der Waals surface area contributed by atoms with Gasteiger partial charge in [0, 0.05) is 12.0 Å². The maximum atomic E-state index is 11.7. The molecule has 6 heteroatoms. The van der Waals surface area contributed by atoms with Crippen molar-refractivity contribution in [2.24, 2.45) is 5.41 Å². The van der Waals surface area contributed by atoms with Crippen molar-refractivity contribution in [1.29, 1.82) is 0 Å². The Morgan fingerprint density at radius 3 is 2.50 bits per heavy atom. The minimum absolute atomic E-state index is 0.0268. The summed E-state index contributed by atoms with van der Waals surface area (Å²) in [5.41, 5.74) is -0.291. The fourth-order valence-electron chi connectivity index (χ4n) is 1.78. The standard InChI is InChI=1S/C14H22N2O4/c1-3-14(4-2,10-17)9-16-12(18)8-15-13(19)11-6-5-7-20-11/h5-7,17H,3-4,8-10H2,1-2H3,(H,15,19)(H,16,18). The zero-order chi connectivity index (χ0) is 15.0. The number of aliphatic hydroxyl groups is 1. The van der Waals surface area contributed by atoms with Crippen LogP contribution >= 0.6 is 0 Å². The summed E-state index contributed by atoms with van der Waals surface area (Å²) in [7, 11) is 0. The Morgan fingerprint density at radius 2 is 2.00 bits per heavy atom. The lowest BCUT2D eigenvalue weighted by Gasteiger charge is -2.29. The van der Waals surface area contributed by atoms with Crippen molar-refractivity contribution in [3.8, 4) is 0 Å². The zero-order valence-corrected chi connectivity index (χ0v) is 11.9. The van der Waals surface area contributed by atoms with Crippen molar-refractivity contribution in [3.63, 3.8) is 0 Å². The van der Waals surface area contributed by atoms with Crippen LogP contribution in [0.15, 0.2) is 22.8 Å². The first-order valence-electron chi connectivity index (χ1n) is 6.76. The maximum absolute atomic E-state index is 11.7. The van der Waals surface area contributed by atoms with Crippen LogP contribution in [-0.4, -0.2) is 36.6 Å². The smallest absolute Gasteiger partial charge is 0.287 e. The number of rotatable bonds is 8. The molecule has 0 aliphatic rings. The highest BCUT2D eigenvalue weighted by atomic mass is 16.3. The molecule has 1 aromatic rings. The monoisotopic (exact) mass is 282 g/mol. The highest BCUT2D eigenvalue weighted by Crippen LogP contribution is 2.24. The van der Waals surface area contributed by atoms with Gasteiger partial charge in [0.15, 0.2) is 5.76 Å². The van der Waals surface area contributed by atoms with E-state index in [1.54, 1.807) is 6.07 Å². The van der Waals surface area contributed by atoms with Crippen LogP contribution in [0.4, 0.5) is 0 Å². The molecule has 20 heavy (non-hydrogen) atoms. The molecular weight excluding hydrogens is 260 g/mol. The summed E-state index contributed by atoms with van der Waals surface area (Å²) >= 11 is 0. The van der Waals surface area contributed by atoms with E-state index in [0.29, 0.717) is 6.54 Å². The predicted octanol–water partition coefficient (Wildman–Crippen LogP) is 0.924. The molecule has 1 heterocycles. The minimum atomic E-state index is -0.426. The summed E-state index contributed by atoms with van der Waals surface area (Å²) in [5.74, 6) is -0.543. The lowest BCUT2D eigenvalue weighted by atomic mass is 9.83. The molecular formula is C14H22N2O4. The van der Waals surface area contributed by atoms with Crippen molar-refractivity contribution in [1.82, 2.24) is 10.6 Å². The van der Waals surface area contributed by atoms with Crippen molar-refractivity contribution < 1.29 is 19.1 Å². The zero-order valence-electron chi connectivity index (χ0n) is 11.9. The first-order valence-corrected chi connectivity index (χ1v) is 6.76. The molecule has 3 N–H and O–H groups in total. The van der Waals surface area contributed by atoms with Crippen LogP contribution in [0.25, 0.3) is 0 Å². The Bertz CT molecular complexity index is 416. The summed E-state index contributed by atoms with van der Waals surface area (Å²) in [6.45, 7) is 4.26. The van der Waals surface area contributed by atoms with Gasteiger partial charge in [0.05, 0.1) is 19.4 Å². The van der Waals surface area contributed by atoms with Crippen LogP contribution in [0, 0.1) is 5.41 Å². The molecule has 0 aromatic carbocycles. The third-order valence-electron chi connectivity index (χ3n) is 3.65. The van der Waals surface area contributed by atoms with Crippen molar-refractivity contribution in [3.05, 3.63) is 24.2 Å². The molecule has 0 aliphatic heterocycles. The van der Waals surface area contributed by atoms with Gasteiger partial charge in [0.25, 0.3) is 5.91 Å². The lowest BCUT2D eigenvalue weighted by molar-refractivity contribution is -0.120. The van der Waals surface area contributed by atoms with Gasteiger partial charge >= 0.3 is 0 Å². The Hall–Kier alpha value is -1.82. The second kappa shape index (κ2) is 7.69. The molecule has 0 aliphatic carbocycles. The number of nitrogens with one attached hydrogen (secondary N) is 2. The van der Waals surface area contributed by atoms with Crippen LogP contribution in [0.5, 0.6) is 0 Å². The average Bonchev–Trinajstić information content (AvgIpc) is 3.01. The molecule has 0 saturated carbocycles. The molecule has 6 nitrogen and oxygen atoms in total. The van der Waals surface area contributed by atoms with E-state index in [-0.39, 0.29) is 30.2 Å². The van der Waals surface area contributed by atoms with E-state index in [9.17, 15) is 14.7 Å². The van der Waals surface area contributed by atoms with Gasteiger partial charge in [0.2, 0.25) is 5.91 Å². The third kappa shape index (κ3) is 4.38. The van der Waals surface area contributed by atoms with Crippen LogP contribution in [0.3, 0.4) is 0 Å². The van der Waals surface area contributed by atoms with Crippen LogP contribution in [0.2, 0.25) is 0 Å². The van der Waals surface area contributed by atoms with Crippen LogP contribution in [0.1, 0.15) is 37.2 Å². The molecule has 1 aromatic heterocycles. The largest absolute Gasteiger partial charge is 0.459 e. The van der Waals surface area contributed by atoms with E-state index >= 15 is 0 Å². The van der Waals surface area contributed by atoms with Gasteiger partial charge in [-0.3, -0.25) is 9.59 Å². The van der Waals surface area contributed by atoms with E-state index < -0.39 is 5.91 Å². The maximum Gasteiger partial charge on any atom is 0.287 e. The van der Waals surface area contributed by atoms with Crippen molar-refractivity contribution >= 4 is 11.8 Å². The quantitative estimate of drug-likeness (QED) is 0.661. The van der Waals surface area contributed by atoms with E-state index in [4.69, 9.17) is 4.42 Å². The van der Waals surface area contributed by atoms with Crippen molar-refractivity contribution in [2.45, 2.75) is 26.7 Å². The van der Waals surface area contributed by atoms with Gasteiger partial charge in [-0.05, 0) is 25.0 Å². The molecule has 0 atom stereocenters. The Kier molecular flexibility index (Phi) is 6.24.